The van der Waals surface area contributed by atoms with Crippen molar-refractivity contribution in [3.63, 3.8) is 0 Å². The maximum atomic E-state index is 12.7. The summed E-state index contributed by atoms with van der Waals surface area (Å²) in [6, 6.07) is 6.12. The van der Waals surface area contributed by atoms with Crippen LogP contribution in [0.2, 0.25) is 0 Å². The Labute approximate surface area is 119 Å². The van der Waals surface area contributed by atoms with Crippen molar-refractivity contribution in [2.45, 2.75) is 46.0 Å². The molecule has 0 saturated heterocycles. The summed E-state index contributed by atoms with van der Waals surface area (Å²) >= 11 is 0. The maximum Gasteiger partial charge on any atom is 0.407 e. The van der Waals surface area contributed by atoms with Crippen LogP contribution in [0.4, 0.5) is 9.18 Å². The molecule has 0 radical (unpaired) electrons. The molecule has 20 heavy (non-hydrogen) atoms. The zero-order valence-corrected chi connectivity index (χ0v) is 12.4. The van der Waals surface area contributed by atoms with Crippen LogP contribution in [0, 0.1) is 5.82 Å². The normalized spacial score (nSPS) is 12.8. The first-order valence-electron chi connectivity index (χ1n) is 6.59. The smallest absolute Gasteiger partial charge is 0.407 e. The van der Waals surface area contributed by atoms with Crippen LogP contribution in [0.5, 0.6) is 0 Å². The summed E-state index contributed by atoms with van der Waals surface area (Å²) in [5.41, 5.74) is 0.373. The first kappa shape index (κ1) is 16.4. The van der Waals surface area contributed by atoms with Gasteiger partial charge in [-0.3, -0.25) is 0 Å². The fourth-order valence-electron chi connectivity index (χ4n) is 1.42. The van der Waals surface area contributed by atoms with Gasteiger partial charge < -0.3 is 14.8 Å². The lowest BCUT2D eigenvalue weighted by Gasteiger charge is -2.21. The van der Waals surface area contributed by atoms with Crippen LogP contribution in [0.1, 0.15) is 33.3 Å². The van der Waals surface area contributed by atoms with Crippen molar-refractivity contribution in [2.75, 3.05) is 6.54 Å². The van der Waals surface area contributed by atoms with E-state index in [1.54, 1.807) is 32.9 Å². The molecule has 1 rings (SSSR count). The monoisotopic (exact) mass is 283 g/mol. The Balaban J connectivity index is 2.25. The van der Waals surface area contributed by atoms with E-state index in [-0.39, 0.29) is 11.9 Å². The Morgan fingerprint density at radius 1 is 1.30 bits per heavy atom. The second kappa shape index (κ2) is 7.24. The van der Waals surface area contributed by atoms with E-state index in [4.69, 9.17) is 9.47 Å². The Morgan fingerprint density at radius 2 is 1.90 bits per heavy atom. The fraction of sp³-hybridized carbons (Fsp3) is 0.533. The highest BCUT2D eigenvalue weighted by atomic mass is 19.1. The van der Waals surface area contributed by atoms with Crippen molar-refractivity contribution in [2.24, 2.45) is 0 Å². The Hall–Kier alpha value is -1.62. The van der Waals surface area contributed by atoms with Gasteiger partial charge in [-0.15, -0.1) is 0 Å². The largest absolute Gasteiger partial charge is 0.444 e. The van der Waals surface area contributed by atoms with Crippen LogP contribution >= 0.6 is 0 Å². The van der Waals surface area contributed by atoms with Gasteiger partial charge in [0.1, 0.15) is 11.4 Å². The molecule has 0 bridgehead atoms. The van der Waals surface area contributed by atoms with Gasteiger partial charge in [0.05, 0.1) is 12.7 Å². The molecule has 0 aromatic heterocycles. The third-order valence-corrected chi connectivity index (χ3v) is 2.38. The number of ether oxygens (including phenoxy) is 2. The highest BCUT2D eigenvalue weighted by Gasteiger charge is 2.16. The quantitative estimate of drug-likeness (QED) is 0.902. The van der Waals surface area contributed by atoms with Crippen LogP contribution in [-0.2, 0) is 16.1 Å². The standard InChI is InChI=1S/C15H22FNO3/c1-11(9-17-14(18)20-15(2,3)4)19-10-12-5-7-13(16)8-6-12/h5-8,11H,9-10H2,1-4H3,(H,17,18). The van der Waals surface area contributed by atoms with E-state index in [1.165, 1.54) is 12.1 Å². The Kier molecular flexibility index (Phi) is 5.95. The van der Waals surface area contributed by atoms with Crippen molar-refractivity contribution < 1.29 is 18.7 Å². The number of benzene rings is 1. The van der Waals surface area contributed by atoms with Crippen molar-refractivity contribution >= 4 is 6.09 Å². The first-order chi connectivity index (χ1) is 9.26. The lowest BCUT2D eigenvalue weighted by Crippen LogP contribution is -2.36. The van der Waals surface area contributed by atoms with E-state index in [9.17, 15) is 9.18 Å². The van der Waals surface area contributed by atoms with Gasteiger partial charge in [-0.25, -0.2) is 9.18 Å². The first-order valence-corrected chi connectivity index (χ1v) is 6.59. The van der Waals surface area contributed by atoms with Gasteiger partial charge in [-0.1, -0.05) is 12.1 Å². The Morgan fingerprint density at radius 3 is 2.45 bits per heavy atom. The van der Waals surface area contributed by atoms with E-state index in [0.717, 1.165) is 5.56 Å². The summed E-state index contributed by atoms with van der Waals surface area (Å²) in [5, 5.41) is 2.64. The number of hydrogen-bond acceptors (Lipinski definition) is 3. The van der Waals surface area contributed by atoms with E-state index < -0.39 is 11.7 Å². The number of carbonyl (C=O) groups is 1. The lowest BCUT2D eigenvalue weighted by molar-refractivity contribution is 0.0349. The minimum Gasteiger partial charge on any atom is -0.444 e. The molecule has 0 aliphatic carbocycles. The molecule has 1 atom stereocenters. The summed E-state index contributed by atoms with van der Waals surface area (Å²) in [7, 11) is 0. The van der Waals surface area contributed by atoms with Gasteiger partial charge in [-0.05, 0) is 45.4 Å². The zero-order valence-electron chi connectivity index (χ0n) is 12.4. The average molecular weight is 283 g/mol. The van der Waals surface area contributed by atoms with Crippen molar-refractivity contribution in [3.8, 4) is 0 Å². The molecule has 0 aliphatic rings. The summed E-state index contributed by atoms with van der Waals surface area (Å²) in [6.45, 7) is 8.00. The molecule has 1 aromatic carbocycles. The second-order valence-electron chi connectivity index (χ2n) is 5.63. The van der Waals surface area contributed by atoms with Gasteiger partial charge >= 0.3 is 6.09 Å². The molecular weight excluding hydrogens is 261 g/mol. The van der Waals surface area contributed by atoms with Crippen LogP contribution in [0.3, 0.4) is 0 Å². The number of alkyl carbamates (subject to hydrolysis) is 1. The van der Waals surface area contributed by atoms with E-state index >= 15 is 0 Å². The number of carbonyl (C=O) groups excluding carboxylic acids is 1. The summed E-state index contributed by atoms with van der Waals surface area (Å²) in [6.07, 6.45) is -0.623. The van der Waals surface area contributed by atoms with Gasteiger partial charge in [0.2, 0.25) is 0 Å². The number of amides is 1. The van der Waals surface area contributed by atoms with Gasteiger partial charge in [0, 0.05) is 6.54 Å². The number of nitrogens with one attached hydrogen (secondary N) is 1. The summed E-state index contributed by atoms with van der Waals surface area (Å²) in [5.74, 6) is -0.270. The van der Waals surface area contributed by atoms with Crippen LogP contribution in [0.15, 0.2) is 24.3 Å². The number of halogens is 1. The molecule has 4 nitrogen and oxygen atoms in total. The molecule has 1 aromatic rings. The van der Waals surface area contributed by atoms with Crippen molar-refractivity contribution in [1.82, 2.24) is 5.32 Å². The second-order valence-corrected chi connectivity index (χ2v) is 5.63. The highest BCUT2D eigenvalue weighted by molar-refractivity contribution is 5.67. The minimum atomic E-state index is -0.512. The molecular formula is C15H22FNO3. The summed E-state index contributed by atoms with van der Waals surface area (Å²) < 4.78 is 23.4. The van der Waals surface area contributed by atoms with Crippen molar-refractivity contribution in [1.29, 1.82) is 0 Å². The maximum absolute atomic E-state index is 12.7. The molecule has 0 spiro atoms. The topological polar surface area (TPSA) is 47.6 Å². The van der Waals surface area contributed by atoms with E-state index in [1.807, 2.05) is 6.92 Å². The zero-order chi connectivity index (χ0) is 15.2. The van der Waals surface area contributed by atoms with Crippen LogP contribution in [0.25, 0.3) is 0 Å². The van der Waals surface area contributed by atoms with Crippen LogP contribution in [-0.4, -0.2) is 24.3 Å². The third-order valence-electron chi connectivity index (χ3n) is 2.38. The number of hydrogen-bond donors (Lipinski definition) is 1. The fourth-order valence-corrected chi connectivity index (χ4v) is 1.42. The predicted octanol–water partition coefficient (Wildman–Crippen LogP) is 3.26. The van der Waals surface area contributed by atoms with Gasteiger partial charge in [0.25, 0.3) is 0 Å². The molecule has 0 heterocycles. The Bertz CT molecular complexity index is 426. The molecule has 0 aliphatic heterocycles. The number of rotatable bonds is 5. The van der Waals surface area contributed by atoms with Crippen LogP contribution < -0.4 is 5.32 Å². The average Bonchev–Trinajstić information content (AvgIpc) is 2.33. The highest BCUT2D eigenvalue weighted by Crippen LogP contribution is 2.07. The summed E-state index contributed by atoms with van der Waals surface area (Å²) in [4.78, 5) is 11.4. The SMILES string of the molecule is CC(CNC(=O)OC(C)(C)C)OCc1ccc(F)cc1. The van der Waals surface area contributed by atoms with Gasteiger partial charge in [-0.2, -0.15) is 0 Å². The van der Waals surface area contributed by atoms with E-state index in [2.05, 4.69) is 5.32 Å². The predicted molar refractivity (Wildman–Crippen MR) is 74.9 cm³/mol. The molecule has 5 heteroatoms. The minimum absolute atomic E-state index is 0.160. The third kappa shape index (κ3) is 7.09. The molecule has 1 unspecified atom stereocenters. The molecule has 0 saturated carbocycles. The van der Waals surface area contributed by atoms with Gasteiger partial charge in [0.15, 0.2) is 0 Å². The van der Waals surface area contributed by atoms with Crippen molar-refractivity contribution in [3.05, 3.63) is 35.6 Å². The lowest BCUT2D eigenvalue weighted by atomic mass is 10.2. The van der Waals surface area contributed by atoms with E-state index in [0.29, 0.717) is 13.2 Å². The molecule has 0 fully saturated rings. The molecule has 112 valence electrons. The molecule has 1 N–H and O–H groups in total. The molecule has 1 amide bonds.